The van der Waals surface area contributed by atoms with E-state index < -0.39 is 12.8 Å². The number of hydrogen-bond donors (Lipinski definition) is 1. The Bertz CT molecular complexity index is 441. The Morgan fingerprint density at radius 3 is 2.75 bits per heavy atom. The lowest BCUT2D eigenvalue weighted by atomic mass is 10.2. The highest BCUT2D eigenvalue weighted by molar-refractivity contribution is 5.53. The van der Waals surface area contributed by atoms with Crippen molar-refractivity contribution in [3.05, 3.63) is 23.8 Å². The van der Waals surface area contributed by atoms with E-state index in [1.807, 2.05) is 12.1 Å². The fourth-order valence-electron chi connectivity index (χ4n) is 2.26. The molecule has 20 heavy (non-hydrogen) atoms. The second-order valence-corrected chi connectivity index (χ2v) is 4.94. The molecule has 1 aromatic carbocycles. The molecule has 1 heterocycles. The number of hydrogen-bond acceptors (Lipinski definition) is 3. The van der Waals surface area contributed by atoms with E-state index in [4.69, 9.17) is 4.74 Å². The number of aryl methyl sites for hydroxylation is 1. The van der Waals surface area contributed by atoms with E-state index >= 15 is 0 Å². The second-order valence-electron chi connectivity index (χ2n) is 4.94. The van der Waals surface area contributed by atoms with E-state index in [1.54, 1.807) is 13.0 Å². The molecule has 0 aromatic heterocycles. The van der Waals surface area contributed by atoms with Crippen molar-refractivity contribution in [1.29, 1.82) is 0 Å². The van der Waals surface area contributed by atoms with E-state index in [0.29, 0.717) is 5.75 Å². The van der Waals surface area contributed by atoms with Crippen LogP contribution in [-0.4, -0.2) is 39.0 Å². The summed E-state index contributed by atoms with van der Waals surface area (Å²) in [5.41, 5.74) is 1.76. The Morgan fingerprint density at radius 1 is 1.25 bits per heavy atom. The van der Waals surface area contributed by atoms with Crippen LogP contribution in [0.3, 0.4) is 0 Å². The first-order chi connectivity index (χ1) is 9.46. The van der Waals surface area contributed by atoms with Gasteiger partial charge < -0.3 is 15.0 Å². The Kier molecular flexibility index (Phi) is 4.75. The number of halogens is 3. The molecule has 1 aromatic rings. The van der Waals surface area contributed by atoms with Crippen molar-refractivity contribution in [2.75, 3.05) is 37.7 Å². The zero-order valence-electron chi connectivity index (χ0n) is 11.5. The van der Waals surface area contributed by atoms with Crippen molar-refractivity contribution in [2.45, 2.75) is 19.5 Å². The third-order valence-corrected chi connectivity index (χ3v) is 3.26. The molecular weight excluding hydrogens is 269 g/mol. The van der Waals surface area contributed by atoms with Crippen LogP contribution in [0.5, 0.6) is 5.75 Å². The van der Waals surface area contributed by atoms with Crippen molar-refractivity contribution in [3.63, 3.8) is 0 Å². The van der Waals surface area contributed by atoms with Gasteiger partial charge in [0.2, 0.25) is 0 Å². The molecule has 0 amide bonds. The average Bonchev–Trinajstić information content (AvgIpc) is 2.65. The number of rotatable bonds is 3. The van der Waals surface area contributed by atoms with Gasteiger partial charge in [-0.25, -0.2) is 0 Å². The number of nitrogens with zero attached hydrogens (tertiary/aromatic N) is 1. The fraction of sp³-hybridized carbons (Fsp3) is 0.571. The van der Waals surface area contributed by atoms with Gasteiger partial charge in [-0.2, -0.15) is 13.2 Å². The molecule has 0 radical (unpaired) electrons. The van der Waals surface area contributed by atoms with Gasteiger partial charge in [0.1, 0.15) is 5.75 Å². The molecule has 0 saturated carbocycles. The summed E-state index contributed by atoms with van der Waals surface area (Å²) in [6.07, 6.45) is -3.24. The fourth-order valence-corrected chi connectivity index (χ4v) is 2.26. The molecule has 0 bridgehead atoms. The van der Waals surface area contributed by atoms with Gasteiger partial charge >= 0.3 is 6.18 Å². The first-order valence-corrected chi connectivity index (χ1v) is 6.71. The lowest BCUT2D eigenvalue weighted by molar-refractivity contribution is -0.153. The number of nitrogens with one attached hydrogen (secondary N) is 1. The van der Waals surface area contributed by atoms with E-state index in [0.717, 1.165) is 43.9 Å². The van der Waals surface area contributed by atoms with E-state index in [1.165, 1.54) is 0 Å². The monoisotopic (exact) mass is 288 g/mol. The molecule has 0 aliphatic carbocycles. The first-order valence-electron chi connectivity index (χ1n) is 6.71. The van der Waals surface area contributed by atoms with Crippen LogP contribution < -0.4 is 15.0 Å². The predicted molar refractivity (Wildman–Crippen MR) is 72.4 cm³/mol. The molecule has 1 aliphatic heterocycles. The van der Waals surface area contributed by atoms with Gasteiger partial charge in [0, 0.05) is 25.3 Å². The second kappa shape index (κ2) is 6.35. The van der Waals surface area contributed by atoms with Crippen molar-refractivity contribution in [2.24, 2.45) is 0 Å². The molecule has 1 aliphatic rings. The van der Waals surface area contributed by atoms with Gasteiger partial charge in [-0.1, -0.05) is 0 Å². The minimum atomic E-state index is -4.30. The van der Waals surface area contributed by atoms with Gasteiger partial charge in [0.25, 0.3) is 0 Å². The molecule has 112 valence electrons. The molecule has 3 nitrogen and oxygen atoms in total. The standard InChI is InChI=1S/C14H19F3N2O/c1-11-9-12(19-7-2-5-18-6-8-19)3-4-13(11)20-10-14(15,16)17/h3-4,9,18H,2,5-8,10H2,1H3. The highest BCUT2D eigenvalue weighted by atomic mass is 19.4. The highest BCUT2D eigenvalue weighted by Crippen LogP contribution is 2.26. The minimum absolute atomic E-state index is 0.291. The summed E-state index contributed by atoms with van der Waals surface area (Å²) in [6, 6.07) is 5.33. The van der Waals surface area contributed by atoms with Crippen molar-refractivity contribution in [1.82, 2.24) is 5.32 Å². The summed E-state index contributed by atoms with van der Waals surface area (Å²) < 4.78 is 41.3. The molecule has 2 rings (SSSR count). The van der Waals surface area contributed by atoms with Crippen LogP contribution in [0.1, 0.15) is 12.0 Å². The maximum absolute atomic E-state index is 12.1. The number of anilines is 1. The van der Waals surface area contributed by atoms with Gasteiger partial charge in [0.15, 0.2) is 6.61 Å². The van der Waals surface area contributed by atoms with Crippen molar-refractivity contribution < 1.29 is 17.9 Å². The quantitative estimate of drug-likeness (QED) is 0.925. The summed E-state index contributed by atoms with van der Waals surface area (Å²) in [7, 11) is 0. The van der Waals surface area contributed by atoms with Crippen LogP contribution in [0.25, 0.3) is 0 Å². The third-order valence-electron chi connectivity index (χ3n) is 3.26. The lowest BCUT2D eigenvalue weighted by Crippen LogP contribution is -2.27. The topological polar surface area (TPSA) is 24.5 Å². The van der Waals surface area contributed by atoms with Crippen LogP contribution in [0.4, 0.5) is 18.9 Å². The summed E-state index contributed by atoms with van der Waals surface area (Å²) in [6.45, 7) is 4.30. The molecule has 1 N–H and O–H groups in total. The van der Waals surface area contributed by atoms with Gasteiger partial charge in [0.05, 0.1) is 0 Å². The molecule has 0 unspecified atom stereocenters. The number of benzene rings is 1. The van der Waals surface area contributed by atoms with Crippen LogP contribution >= 0.6 is 0 Å². The predicted octanol–water partition coefficient (Wildman–Crippen LogP) is 2.74. The molecule has 6 heteroatoms. The van der Waals surface area contributed by atoms with Crippen molar-refractivity contribution >= 4 is 5.69 Å². The zero-order valence-corrected chi connectivity index (χ0v) is 11.5. The number of alkyl halides is 3. The smallest absolute Gasteiger partial charge is 0.422 e. The molecule has 0 spiro atoms. The molecule has 1 saturated heterocycles. The Hall–Kier alpha value is -1.43. The maximum atomic E-state index is 12.1. The maximum Gasteiger partial charge on any atom is 0.422 e. The molecular formula is C14H19F3N2O. The van der Waals surface area contributed by atoms with Gasteiger partial charge in [-0.3, -0.25) is 0 Å². The molecule has 1 fully saturated rings. The highest BCUT2D eigenvalue weighted by Gasteiger charge is 2.28. The van der Waals surface area contributed by atoms with Crippen LogP contribution in [-0.2, 0) is 0 Å². The van der Waals surface area contributed by atoms with Gasteiger partial charge in [-0.15, -0.1) is 0 Å². The lowest BCUT2D eigenvalue weighted by Gasteiger charge is -2.23. The summed E-state index contributed by atoms with van der Waals surface area (Å²) in [4.78, 5) is 2.24. The van der Waals surface area contributed by atoms with Crippen LogP contribution in [0.2, 0.25) is 0 Å². The van der Waals surface area contributed by atoms with Crippen LogP contribution in [0.15, 0.2) is 18.2 Å². The Labute approximate surface area is 116 Å². The summed E-state index contributed by atoms with van der Waals surface area (Å²) >= 11 is 0. The van der Waals surface area contributed by atoms with Crippen LogP contribution in [0, 0.1) is 6.92 Å². The first kappa shape index (κ1) is 15.0. The number of ether oxygens (including phenoxy) is 1. The molecule has 0 atom stereocenters. The zero-order chi connectivity index (χ0) is 14.6. The SMILES string of the molecule is Cc1cc(N2CCCNCC2)ccc1OCC(F)(F)F. The summed E-state index contributed by atoms with van der Waals surface area (Å²) in [5.74, 6) is 0.291. The largest absolute Gasteiger partial charge is 0.484 e. The normalized spacial score (nSPS) is 16.9. The third kappa shape index (κ3) is 4.30. The summed E-state index contributed by atoms with van der Waals surface area (Å²) in [5, 5.41) is 3.32. The van der Waals surface area contributed by atoms with E-state index in [9.17, 15) is 13.2 Å². The minimum Gasteiger partial charge on any atom is -0.484 e. The van der Waals surface area contributed by atoms with Gasteiger partial charge in [-0.05, 0) is 43.7 Å². The Balaban J connectivity index is 2.04. The van der Waals surface area contributed by atoms with Crippen molar-refractivity contribution in [3.8, 4) is 5.75 Å². The van der Waals surface area contributed by atoms with E-state index in [2.05, 4.69) is 10.2 Å². The average molecular weight is 288 g/mol. The van der Waals surface area contributed by atoms with E-state index in [-0.39, 0.29) is 0 Å². The Morgan fingerprint density at radius 2 is 2.05 bits per heavy atom.